The second kappa shape index (κ2) is 11.8. The van der Waals surface area contributed by atoms with Crippen molar-refractivity contribution in [2.24, 2.45) is 0 Å². The van der Waals surface area contributed by atoms with Crippen LogP contribution in [0.15, 0.2) is 60.7 Å². The van der Waals surface area contributed by atoms with Crippen LogP contribution >= 0.6 is 12.4 Å². The number of esters is 1. The van der Waals surface area contributed by atoms with Gasteiger partial charge in [0, 0.05) is 13.7 Å². The van der Waals surface area contributed by atoms with Gasteiger partial charge in [-0.2, -0.15) is 0 Å². The number of methoxy groups -OCH3 is 1. The molecule has 4 nitrogen and oxygen atoms in total. The number of benzene rings is 2. The molecule has 5 heteroatoms. The van der Waals surface area contributed by atoms with Crippen LogP contribution in [0, 0.1) is 0 Å². The lowest BCUT2D eigenvalue weighted by atomic mass is 9.86. The minimum Gasteiger partial charge on any atom is -0.462 e. The van der Waals surface area contributed by atoms with Gasteiger partial charge in [0.2, 0.25) is 5.60 Å². The molecule has 0 aliphatic heterocycles. The lowest BCUT2D eigenvalue weighted by Crippen LogP contribution is -2.41. The Morgan fingerprint density at radius 1 is 0.926 bits per heavy atom. The maximum absolute atomic E-state index is 13.2. The Kier molecular flexibility index (Phi) is 10.1. The Bertz CT molecular complexity index is 624. The lowest BCUT2D eigenvalue weighted by Gasteiger charge is -2.31. The molecule has 0 atom stereocenters. The maximum atomic E-state index is 13.2. The maximum Gasteiger partial charge on any atom is 0.347 e. The molecule has 0 aliphatic rings. The number of hydrogen-bond acceptors (Lipinski definition) is 4. The first kappa shape index (κ1) is 23.2. The summed E-state index contributed by atoms with van der Waals surface area (Å²) < 4.78 is 11.5. The highest BCUT2D eigenvalue weighted by molar-refractivity contribution is 5.86. The van der Waals surface area contributed by atoms with Gasteiger partial charge >= 0.3 is 5.97 Å². The van der Waals surface area contributed by atoms with Crippen LogP contribution in [0.3, 0.4) is 0 Å². The van der Waals surface area contributed by atoms with Crippen molar-refractivity contribution in [2.45, 2.75) is 25.9 Å². The Balaban J connectivity index is 0.00000364. The first-order valence-corrected chi connectivity index (χ1v) is 9.24. The van der Waals surface area contributed by atoms with E-state index in [1.54, 1.807) is 7.11 Å². The van der Waals surface area contributed by atoms with E-state index in [1.165, 1.54) is 0 Å². The SMILES string of the molecule is CCCN(CC)CCOC(=O)C(OC)(c1ccccc1)c1ccccc1.Cl. The smallest absolute Gasteiger partial charge is 0.347 e. The van der Waals surface area contributed by atoms with Crippen molar-refractivity contribution in [3.05, 3.63) is 71.8 Å². The van der Waals surface area contributed by atoms with Crippen LogP contribution < -0.4 is 0 Å². The van der Waals surface area contributed by atoms with E-state index in [1.807, 2.05) is 60.7 Å². The molecule has 27 heavy (non-hydrogen) atoms. The summed E-state index contributed by atoms with van der Waals surface area (Å²) in [5.74, 6) is -0.384. The second-order valence-corrected chi connectivity index (χ2v) is 6.19. The van der Waals surface area contributed by atoms with Crippen LogP contribution in [-0.2, 0) is 19.9 Å². The molecule has 2 aromatic rings. The number of carbonyl (C=O) groups is 1. The van der Waals surface area contributed by atoms with Gasteiger partial charge in [0.05, 0.1) is 0 Å². The molecule has 0 bridgehead atoms. The summed E-state index contributed by atoms with van der Waals surface area (Å²) in [6, 6.07) is 19.0. The van der Waals surface area contributed by atoms with Gasteiger partial charge in [-0.1, -0.05) is 74.5 Å². The molecule has 0 saturated heterocycles. The summed E-state index contributed by atoms with van der Waals surface area (Å²) in [5, 5.41) is 0. The van der Waals surface area contributed by atoms with E-state index in [0.29, 0.717) is 6.61 Å². The molecule has 0 heterocycles. The van der Waals surface area contributed by atoms with Gasteiger partial charge in [-0.05, 0) is 30.6 Å². The van der Waals surface area contributed by atoms with Crippen molar-refractivity contribution in [3.8, 4) is 0 Å². The monoisotopic (exact) mass is 391 g/mol. The van der Waals surface area contributed by atoms with Gasteiger partial charge in [-0.3, -0.25) is 0 Å². The molecule has 2 aromatic carbocycles. The molecule has 0 aromatic heterocycles. The zero-order valence-electron chi connectivity index (χ0n) is 16.4. The second-order valence-electron chi connectivity index (χ2n) is 6.19. The van der Waals surface area contributed by atoms with Gasteiger partial charge in [-0.25, -0.2) is 4.79 Å². The Morgan fingerprint density at radius 3 is 1.85 bits per heavy atom. The molecule has 0 spiro atoms. The topological polar surface area (TPSA) is 38.8 Å². The summed E-state index contributed by atoms with van der Waals surface area (Å²) in [4.78, 5) is 15.4. The van der Waals surface area contributed by atoms with Crippen LogP contribution in [0.2, 0.25) is 0 Å². The number of hydrogen-bond donors (Lipinski definition) is 0. The molecule has 2 rings (SSSR count). The number of carbonyl (C=O) groups excluding carboxylic acids is 1. The fourth-order valence-corrected chi connectivity index (χ4v) is 3.18. The molecule has 0 saturated carbocycles. The van der Waals surface area contributed by atoms with Crippen molar-refractivity contribution >= 4 is 18.4 Å². The summed E-state index contributed by atoms with van der Waals surface area (Å²) in [5.41, 5.74) is 0.267. The highest BCUT2D eigenvalue weighted by Gasteiger charge is 2.44. The molecule has 0 unspecified atom stereocenters. The summed E-state index contributed by atoms with van der Waals surface area (Å²) >= 11 is 0. The van der Waals surface area contributed by atoms with Crippen molar-refractivity contribution in [2.75, 3.05) is 33.4 Å². The molecule has 0 aliphatic carbocycles. The summed E-state index contributed by atoms with van der Waals surface area (Å²) in [7, 11) is 1.55. The van der Waals surface area contributed by atoms with Gasteiger partial charge in [-0.15, -0.1) is 12.4 Å². The minimum atomic E-state index is -1.26. The predicted octanol–water partition coefficient (Wildman–Crippen LogP) is 4.27. The summed E-state index contributed by atoms with van der Waals surface area (Å²) in [6.07, 6.45) is 1.08. The molecule has 0 radical (unpaired) electrons. The standard InChI is InChI=1S/C22H29NO3.ClH/c1-4-16-23(5-2)17-18-26-21(24)22(25-3,19-12-8-6-9-13-19)20-14-10-7-11-15-20;/h6-15H,4-5,16-18H2,1-3H3;1H. The highest BCUT2D eigenvalue weighted by Crippen LogP contribution is 2.34. The molecule has 0 amide bonds. The Labute approximate surface area is 168 Å². The van der Waals surface area contributed by atoms with E-state index in [0.717, 1.165) is 37.2 Å². The Hall–Kier alpha value is -1.88. The van der Waals surface area contributed by atoms with Crippen LogP contribution in [-0.4, -0.2) is 44.2 Å². The molecule has 148 valence electrons. The van der Waals surface area contributed by atoms with E-state index in [2.05, 4.69) is 18.7 Å². The van der Waals surface area contributed by atoms with Crippen molar-refractivity contribution in [1.29, 1.82) is 0 Å². The first-order valence-electron chi connectivity index (χ1n) is 9.24. The zero-order valence-corrected chi connectivity index (χ0v) is 17.2. The van der Waals surface area contributed by atoms with E-state index in [-0.39, 0.29) is 18.4 Å². The van der Waals surface area contributed by atoms with E-state index < -0.39 is 5.60 Å². The third-order valence-electron chi connectivity index (χ3n) is 4.58. The van der Waals surface area contributed by atoms with Gasteiger partial charge in [0.1, 0.15) is 6.61 Å². The van der Waals surface area contributed by atoms with Gasteiger partial charge < -0.3 is 14.4 Å². The van der Waals surface area contributed by atoms with E-state index in [4.69, 9.17) is 9.47 Å². The first-order chi connectivity index (χ1) is 12.7. The predicted molar refractivity (Wildman–Crippen MR) is 111 cm³/mol. The number of rotatable bonds is 10. The highest BCUT2D eigenvalue weighted by atomic mass is 35.5. The van der Waals surface area contributed by atoms with Crippen molar-refractivity contribution < 1.29 is 14.3 Å². The Morgan fingerprint density at radius 2 is 1.44 bits per heavy atom. The van der Waals surface area contributed by atoms with Gasteiger partial charge in [0.25, 0.3) is 0 Å². The lowest BCUT2D eigenvalue weighted by molar-refractivity contribution is -0.165. The molecular weight excluding hydrogens is 362 g/mol. The number of ether oxygens (including phenoxy) is 2. The number of likely N-dealkylation sites (N-methyl/N-ethyl adjacent to an activating group) is 1. The number of halogens is 1. The summed E-state index contributed by atoms with van der Waals surface area (Å²) in [6.45, 7) is 7.27. The fraction of sp³-hybridized carbons (Fsp3) is 0.409. The zero-order chi connectivity index (χ0) is 18.8. The third kappa shape index (κ3) is 5.55. The molecular formula is C22H30ClNO3. The number of nitrogens with zero attached hydrogens (tertiary/aromatic N) is 1. The van der Waals surface area contributed by atoms with Crippen LogP contribution in [0.1, 0.15) is 31.4 Å². The van der Waals surface area contributed by atoms with Crippen LogP contribution in [0.4, 0.5) is 0 Å². The van der Waals surface area contributed by atoms with Crippen molar-refractivity contribution in [3.63, 3.8) is 0 Å². The van der Waals surface area contributed by atoms with E-state index >= 15 is 0 Å². The quantitative estimate of drug-likeness (QED) is 0.567. The van der Waals surface area contributed by atoms with E-state index in [9.17, 15) is 4.79 Å². The average Bonchev–Trinajstić information content (AvgIpc) is 2.70. The molecule has 0 N–H and O–H groups in total. The normalized spacial score (nSPS) is 11.1. The fourth-order valence-electron chi connectivity index (χ4n) is 3.18. The van der Waals surface area contributed by atoms with Gasteiger partial charge in [0.15, 0.2) is 0 Å². The van der Waals surface area contributed by atoms with Crippen LogP contribution in [0.25, 0.3) is 0 Å². The largest absolute Gasteiger partial charge is 0.462 e. The third-order valence-corrected chi connectivity index (χ3v) is 4.58. The molecule has 0 fully saturated rings. The average molecular weight is 392 g/mol. The minimum absolute atomic E-state index is 0. The van der Waals surface area contributed by atoms with Crippen molar-refractivity contribution in [1.82, 2.24) is 4.90 Å². The van der Waals surface area contributed by atoms with Crippen LogP contribution in [0.5, 0.6) is 0 Å².